The Kier molecular flexibility index (Phi) is 7.28. The third kappa shape index (κ3) is 5.51. The van der Waals surface area contributed by atoms with E-state index in [4.69, 9.17) is 14.6 Å². The lowest BCUT2D eigenvalue weighted by molar-refractivity contribution is -0.112. The molecule has 0 aliphatic heterocycles. The number of fused-ring (bicyclic) bond motifs is 1. The van der Waals surface area contributed by atoms with E-state index in [2.05, 4.69) is 17.4 Å². The van der Waals surface area contributed by atoms with Gasteiger partial charge in [-0.3, -0.25) is 4.79 Å². The molecule has 0 heterocycles. The summed E-state index contributed by atoms with van der Waals surface area (Å²) in [7, 11) is 1.52. The Morgan fingerprint density at radius 2 is 1.72 bits per heavy atom. The lowest BCUT2D eigenvalue weighted by Gasteiger charge is -2.13. The summed E-state index contributed by atoms with van der Waals surface area (Å²) in [6, 6.07) is 26.8. The summed E-state index contributed by atoms with van der Waals surface area (Å²) in [5.74, 6) is -0.685. The number of rotatable bonds is 8. The molecule has 4 aromatic rings. The standard InChI is InChI=1S/C29H22N2O5/c1-35-27-16-19(15-23(17-30)28(32)31-24-12-10-21(11-13-24)29(33)34)9-14-26(27)36-18-22-7-4-6-20-5-2-3-8-25(20)22/h2-16H,18H2,1H3,(H,31,32)(H,33,34)/b23-15+. The molecular formula is C29H22N2O5. The van der Waals surface area contributed by atoms with Gasteiger partial charge in [0.25, 0.3) is 5.91 Å². The van der Waals surface area contributed by atoms with Crippen molar-refractivity contribution in [1.29, 1.82) is 5.26 Å². The lowest BCUT2D eigenvalue weighted by Crippen LogP contribution is -2.13. The fourth-order valence-electron chi connectivity index (χ4n) is 3.68. The minimum absolute atomic E-state index is 0.0962. The number of hydrogen-bond donors (Lipinski definition) is 2. The van der Waals surface area contributed by atoms with Gasteiger partial charge in [-0.05, 0) is 64.4 Å². The zero-order valence-electron chi connectivity index (χ0n) is 19.4. The predicted octanol–water partition coefficient (Wildman–Crippen LogP) is 5.67. The highest BCUT2D eigenvalue weighted by atomic mass is 16.5. The van der Waals surface area contributed by atoms with E-state index in [9.17, 15) is 14.9 Å². The number of aromatic carboxylic acids is 1. The topological polar surface area (TPSA) is 109 Å². The Balaban J connectivity index is 1.49. The molecule has 0 saturated heterocycles. The maximum atomic E-state index is 12.6. The number of carbonyl (C=O) groups is 2. The van der Waals surface area contributed by atoms with Crippen molar-refractivity contribution in [3.63, 3.8) is 0 Å². The highest BCUT2D eigenvalue weighted by Gasteiger charge is 2.12. The highest BCUT2D eigenvalue weighted by molar-refractivity contribution is 6.09. The molecule has 0 saturated carbocycles. The molecule has 0 aliphatic rings. The number of methoxy groups -OCH3 is 1. The Hall–Kier alpha value is -5.09. The number of carbonyl (C=O) groups excluding carboxylic acids is 1. The van der Waals surface area contributed by atoms with Crippen LogP contribution in [0, 0.1) is 11.3 Å². The molecule has 0 atom stereocenters. The first-order chi connectivity index (χ1) is 17.5. The summed E-state index contributed by atoms with van der Waals surface area (Å²) in [6.07, 6.45) is 1.44. The second-order valence-corrected chi connectivity index (χ2v) is 7.84. The number of benzene rings is 4. The van der Waals surface area contributed by atoms with Crippen molar-refractivity contribution in [2.24, 2.45) is 0 Å². The Bertz CT molecular complexity index is 1500. The van der Waals surface area contributed by atoms with E-state index in [1.54, 1.807) is 18.2 Å². The fourth-order valence-corrected chi connectivity index (χ4v) is 3.68. The first-order valence-corrected chi connectivity index (χ1v) is 11.0. The van der Waals surface area contributed by atoms with Gasteiger partial charge < -0.3 is 19.9 Å². The van der Waals surface area contributed by atoms with Crippen molar-refractivity contribution in [3.8, 4) is 17.6 Å². The number of nitriles is 1. The van der Waals surface area contributed by atoms with Crippen LogP contribution in [0.4, 0.5) is 5.69 Å². The van der Waals surface area contributed by atoms with Crippen LogP contribution in [0.2, 0.25) is 0 Å². The quantitative estimate of drug-likeness (QED) is 0.249. The number of carboxylic acid groups (broad SMARTS) is 1. The van der Waals surface area contributed by atoms with Gasteiger partial charge in [0.2, 0.25) is 0 Å². The number of ether oxygens (including phenoxy) is 2. The summed E-state index contributed by atoms with van der Waals surface area (Å²) in [4.78, 5) is 23.6. The number of anilines is 1. The molecule has 0 bridgehead atoms. The Labute approximate surface area is 207 Å². The normalized spacial score (nSPS) is 10.9. The lowest BCUT2D eigenvalue weighted by atomic mass is 10.1. The van der Waals surface area contributed by atoms with Gasteiger partial charge in [-0.15, -0.1) is 0 Å². The third-order valence-corrected chi connectivity index (χ3v) is 5.52. The number of nitrogens with zero attached hydrogens (tertiary/aromatic N) is 1. The van der Waals surface area contributed by atoms with Crippen LogP contribution in [-0.2, 0) is 11.4 Å². The number of nitrogens with one attached hydrogen (secondary N) is 1. The summed E-state index contributed by atoms with van der Waals surface area (Å²) >= 11 is 0. The Morgan fingerprint density at radius 3 is 2.44 bits per heavy atom. The van der Waals surface area contributed by atoms with Crippen LogP contribution in [0.25, 0.3) is 16.8 Å². The van der Waals surface area contributed by atoms with Crippen LogP contribution < -0.4 is 14.8 Å². The van der Waals surface area contributed by atoms with E-state index in [1.165, 1.54) is 37.5 Å². The maximum Gasteiger partial charge on any atom is 0.335 e. The van der Waals surface area contributed by atoms with Gasteiger partial charge in [0.05, 0.1) is 12.7 Å². The van der Waals surface area contributed by atoms with Crippen molar-refractivity contribution in [3.05, 3.63) is 107 Å². The van der Waals surface area contributed by atoms with Crippen LogP contribution in [0.3, 0.4) is 0 Å². The summed E-state index contributed by atoms with van der Waals surface area (Å²) in [5, 5.41) is 23.3. The second kappa shape index (κ2) is 10.9. The molecule has 1 amide bonds. The number of amides is 1. The van der Waals surface area contributed by atoms with Crippen LogP contribution in [0.15, 0.2) is 90.5 Å². The highest BCUT2D eigenvalue weighted by Crippen LogP contribution is 2.30. The van der Waals surface area contributed by atoms with Crippen molar-refractivity contribution in [2.75, 3.05) is 12.4 Å². The van der Waals surface area contributed by atoms with Crippen LogP contribution >= 0.6 is 0 Å². The monoisotopic (exact) mass is 478 g/mol. The SMILES string of the molecule is COc1cc(/C=C(\C#N)C(=O)Nc2ccc(C(=O)O)cc2)ccc1OCc1cccc2ccccc12. The largest absolute Gasteiger partial charge is 0.493 e. The van der Waals surface area contributed by atoms with E-state index in [0.29, 0.717) is 29.4 Å². The zero-order valence-corrected chi connectivity index (χ0v) is 19.4. The number of hydrogen-bond acceptors (Lipinski definition) is 5. The van der Waals surface area contributed by atoms with Crippen LogP contribution in [0.1, 0.15) is 21.5 Å². The molecule has 4 rings (SSSR count). The molecule has 2 N–H and O–H groups in total. The third-order valence-electron chi connectivity index (χ3n) is 5.52. The summed E-state index contributed by atoms with van der Waals surface area (Å²) < 4.78 is 11.5. The van der Waals surface area contributed by atoms with E-state index in [0.717, 1.165) is 16.3 Å². The molecule has 0 aromatic heterocycles. The van der Waals surface area contributed by atoms with Crippen LogP contribution in [0.5, 0.6) is 11.5 Å². The first kappa shape index (κ1) is 24.0. The molecule has 0 aliphatic carbocycles. The van der Waals surface area contributed by atoms with Gasteiger partial charge in [-0.2, -0.15) is 5.26 Å². The molecule has 178 valence electrons. The second-order valence-electron chi connectivity index (χ2n) is 7.84. The average molecular weight is 479 g/mol. The zero-order chi connectivity index (χ0) is 25.5. The summed E-state index contributed by atoms with van der Waals surface area (Å²) in [5.41, 5.74) is 1.97. The van der Waals surface area contributed by atoms with Gasteiger partial charge in [0, 0.05) is 5.69 Å². The van der Waals surface area contributed by atoms with E-state index in [-0.39, 0.29) is 11.1 Å². The van der Waals surface area contributed by atoms with Crippen molar-refractivity contribution in [1.82, 2.24) is 0 Å². The van der Waals surface area contributed by atoms with Crippen molar-refractivity contribution in [2.45, 2.75) is 6.61 Å². The van der Waals surface area contributed by atoms with Gasteiger partial charge in [-0.25, -0.2) is 4.79 Å². The molecule has 7 heteroatoms. The predicted molar refractivity (Wildman–Crippen MR) is 137 cm³/mol. The minimum atomic E-state index is -1.07. The van der Waals surface area contributed by atoms with E-state index >= 15 is 0 Å². The van der Waals surface area contributed by atoms with Gasteiger partial charge in [-0.1, -0.05) is 48.5 Å². The summed E-state index contributed by atoms with van der Waals surface area (Å²) in [6.45, 7) is 0.347. The fraction of sp³-hybridized carbons (Fsp3) is 0.0690. The molecule has 4 aromatic carbocycles. The molecule has 0 radical (unpaired) electrons. The van der Waals surface area contributed by atoms with Gasteiger partial charge >= 0.3 is 5.97 Å². The Morgan fingerprint density at radius 1 is 0.972 bits per heavy atom. The van der Waals surface area contributed by atoms with Gasteiger partial charge in [0.1, 0.15) is 18.2 Å². The van der Waals surface area contributed by atoms with Gasteiger partial charge in [0.15, 0.2) is 11.5 Å². The van der Waals surface area contributed by atoms with E-state index < -0.39 is 11.9 Å². The maximum absolute atomic E-state index is 12.6. The molecule has 36 heavy (non-hydrogen) atoms. The minimum Gasteiger partial charge on any atom is -0.493 e. The van der Waals surface area contributed by atoms with Crippen molar-refractivity contribution < 1.29 is 24.2 Å². The molecule has 0 fully saturated rings. The molecule has 7 nitrogen and oxygen atoms in total. The molecule has 0 unspecified atom stereocenters. The smallest absolute Gasteiger partial charge is 0.335 e. The van der Waals surface area contributed by atoms with Crippen LogP contribution in [-0.4, -0.2) is 24.1 Å². The average Bonchev–Trinajstić information content (AvgIpc) is 2.91. The van der Waals surface area contributed by atoms with Crippen molar-refractivity contribution >= 4 is 34.4 Å². The molecule has 0 spiro atoms. The van der Waals surface area contributed by atoms with E-state index in [1.807, 2.05) is 36.4 Å². The molecular weight excluding hydrogens is 456 g/mol. The number of carboxylic acids is 1. The first-order valence-electron chi connectivity index (χ1n) is 11.0.